The number of halogens is 1. The Labute approximate surface area is 168 Å². The van der Waals surface area contributed by atoms with Crippen molar-refractivity contribution in [2.24, 2.45) is 0 Å². The first-order valence-electron chi connectivity index (χ1n) is 9.23. The largest absolute Gasteiger partial charge is 0.457 e. The van der Waals surface area contributed by atoms with Crippen molar-refractivity contribution in [3.8, 4) is 11.5 Å². The van der Waals surface area contributed by atoms with E-state index in [1.807, 2.05) is 30.3 Å². The molecule has 0 radical (unpaired) electrons. The maximum atomic E-state index is 13.5. The van der Waals surface area contributed by atoms with Crippen LogP contribution in [0.2, 0.25) is 0 Å². The molecule has 0 saturated heterocycles. The Bertz CT molecular complexity index is 959. The van der Waals surface area contributed by atoms with Gasteiger partial charge in [-0.1, -0.05) is 36.4 Å². The van der Waals surface area contributed by atoms with E-state index in [0.29, 0.717) is 23.4 Å². The van der Waals surface area contributed by atoms with Gasteiger partial charge in [0.25, 0.3) is 0 Å². The van der Waals surface area contributed by atoms with Gasteiger partial charge in [-0.2, -0.15) is 0 Å². The molecule has 3 aromatic carbocycles. The van der Waals surface area contributed by atoms with E-state index >= 15 is 0 Å². The van der Waals surface area contributed by atoms with Gasteiger partial charge in [0.05, 0.1) is 0 Å². The van der Waals surface area contributed by atoms with E-state index < -0.39 is 11.8 Å². The minimum atomic E-state index is -0.426. The number of carbonyl (C=O) groups is 2. The molecule has 29 heavy (non-hydrogen) atoms. The maximum absolute atomic E-state index is 13.5. The first-order chi connectivity index (χ1) is 14.1. The van der Waals surface area contributed by atoms with Crippen molar-refractivity contribution >= 4 is 17.5 Å². The van der Waals surface area contributed by atoms with Crippen LogP contribution in [0, 0.1) is 5.82 Å². The highest BCUT2D eigenvalue weighted by Crippen LogP contribution is 2.22. The molecule has 0 atom stereocenters. The van der Waals surface area contributed by atoms with Crippen LogP contribution in [0.3, 0.4) is 0 Å². The summed E-state index contributed by atoms with van der Waals surface area (Å²) in [5, 5.41) is 5.29. The number of hydrogen-bond donors (Lipinski definition) is 2. The molecule has 3 aromatic rings. The lowest BCUT2D eigenvalue weighted by molar-refractivity contribution is -0.126. The third-order valence-corrected chi connectivity index (χ3v) is 4.11. The van der Waals surface area contributed by atoms with Crippen LogP contribution in [0.4, 0.5) is 10.1 Å². The molecule has 0 aromatic heterocycles. The maximum Gasteiger partial charge on any atom is 0.233 e. The third-order valence-electron chi connectivity index (χ3n) is 4.11. The number of hydrogen-bond acceptors (Lipinski definition) is 3. The van der Waals surface area contributed by atoms with Gasteiger partial charge in [0.15, 0.2) is 0 Å². The normalized spacial score (nSPS) is 10.2. The van der Waals surface area contributed by atoms with Gasteiger partial charge in [0.2, 0.25) is 11.8 Å². The molecule has 148 valence electrons. The molecule has 0 aliphatic rings. The highest BCUT2D eigenvalue weighted by molar-refractivity contribution is 6.03. The van der Waals surface area contributed by atoms with Gasteiger partial charge in [0, 0.05) is 12.2 Å². The number of carbonyl (C=O) groups excluding carboxylic acids is 2. The Morgan fingerprint density at radius 1 is 0.793 bits per heavy atom. The molecule has 0 unspecified atom stereocenters. The topological polar surface area (TPSA) is 67.4 Å². The quantitative estimate of drug-likeness (QED) is 0.562. The van der Waals surface area contributed by atoms with Crippen molar-refractivity contribution in [1.82, 2.24) is 5.32 Å². The van der Waals surface area contributed by atoms with Crippen molar-refractivity contribution < 1.29 is 18.7 Å². The molecular formula is C23H21FN2O3. The molecule has 0 bridgehead atoms. The van der Waals surface area contributed by atoms with E-state index in [0.717, 1.165) is 5.75 Å². The van der Waals surface area contributed by atoms with Gasteiger partial charge in [-0.05, 0) is 54.4 Å². The van der Waals surface area contributed by atoms with E-state index in [9.17, 15) is 14.0 Å². The number of nitrogens with one attached hydrogen (secondary N) is 2. The Morgan fingerprint density at radius 2 is 1.45 bits per heavy atom. The van der Waals surface area contributed by atoms with E-state index in [1.54, 1.807) is 42.5 Å². The number of amides is 2. The number of ether oxygens (including phenoxy) is 1. The van der Waals surface area contributed by atoms with Gasteiger partial charge >= 0.3 is 0 Å². The molecular weight excluding hydrogens is 371 g/mol. The second-order valence-corrected chi connectivity index (χ2v) is 6.36. The van der Waals surface area contributed by atoms with E-state index in [2.05, 4.69) is 10.6 Å². The van der Waals surface area contributed by atoms with Crippen LogP contribution < -0.4 is 15.4 Å². The lowest BCUT2D eigenvalue weighted by Gasteiger charge is -2.09. The SMILES string of the molecule is O=C(CC(=O)Nc1ccc(Oc2ccccc2)cc1)NCCc1ccccc1F. The number of rotatable bonds is 8. The molecule has 0 saturated carbocycles. The molecule has 5 nitrogen and oxygen atoms in total. The Balaban J connectivity index is 1.41. The van der Waals surface area contributed by atoms with Crippen LogP contribution in [-0.2, 0) is 16.0 Å². The summed E-state index contributed by atoms with van der Waals surface area (Å²) in [6, 6.07) is 22.6. The monoisotopic (exact) mass is 392 g/mol. The molecule has 2 N–H and O–H groups in total. The Kier molecular flexibility index (Phi) is 6.95. The van der Waals surface area contributed by atoms with Crippen molar-refractivity contribution in [1.29, 1.82) is 0 Å². The Hall–Kier alpha value is -3.67. The molecule has 0 heterocycles. The average molecular weight is 392 g/mol. The van der Waals surface area contributed by atoms with Crippen LogP contribution in [0.5, 0.6) is 11.5 Å². The molecule has 0 spiro atoms. The van der Waals surface area contributed by atoms with Gasteiger partial charge in [-0.3, -0.25) is 9.59 Å². The van der Waals surface area contributed by atoms with Gasteiger partial charge in [-0.15, -0.1) is 0 Å². The number of anilines is 1. The van der Waals surface area contributed by atoms with E-state index in [1.165, 1.54) is 6.07 Å². The van der Waals surface area contributed by atoms with Crippen LogP contribution in [0.15, 0.2) is 78.9 Å². The molecule has 3 rings (SSSR count). The fraction of sp³-hybridized carbons (Fsp3) is 0.130. The summed E-state index contributed by atoms with van der Waals surface area (Å²) in [6.45, 7) is 0.262. The minimum Gasteiger partial charge on any atom is -0.457 e. The highest BCUT2D eigenvalue weighted by atomic mass is 19.1. The van der Waals surface area contributed by atoms with Crippen LogP contribution >= 0.6 is 0 Å². The van der Waals surface area contributed by atoms with Crippen molar-refractivity contribution in [2.75, 3.05) is 11.9 Å². The molecule has 0 aliphatic carbocycles. The van der Waals surface area contributed by atoms with Crippen LogP contribution in [0.1, 0.15) is 12.0 Å². The van der Waals surface area contributed by atoms with Gasteiger partial charge < -0.3 is 15.4 Å². The fourth-order valence-corrected chi connectivity index (χ4v) is 2.68. The van der Waals surface area contributed by atoms with Crippen molar-refractivity contribution in [3.05, 3.63) is 90.2 Å². The lowest BCUT2D eigenvalue weighted by Crippen LogP contribution is -2.29. The zero-order valence-corrected chi connectivity index (χ0v) is 15.7. The second kappa shape index (κ2) is 10.0. The highest BCUT2D eigenvalue weighted by Gasteiger charge is 2.10. The Morgan fingerprint density at radius 3 is 2.17 bits per heavy atom. The smallest absolute Gasteiger partial charge is 0.233 e. The standard InChI is InChI=1S/C23H21FN2O3/c24-21-9-5-4-6-17(21)14-15-25-22(27)16-23(28)26-18-10-12-20(13-11-18)29-19-7-2-1-3-8-19/h1-13H,14-16H2,(H,25,27)(H,26,28). The lowest BCUT2D eigenvalue weighted by atomic mass is 10.1. The van der Waals surface area contributed by atoms with E-state index in [4.69, 9.17) is 4.74 Å². The first kappa shape index (κ1) is 20.1. The van der Waals surface area contributed by atoms with Gasteiger partial charge in [0.1, 0.15) is 23.7 Å². The zero-order valence-electron chi connectivity index (χ0n) is 15.7. The average Bonchev–Trinajstić information content (AvgIpc) is 2.71. The molecule has 0 fully saturated rings. The second-order valence-electron chi connectivity index (χ2n) is 6.36. The fourth-order valence-electron chi connectivity index (χ4n) is 2.68. The number of para-hydroxylation sites is 1. The van der Waals surface area contributed by atoms with Crippen molar-refractivity contribution in [2.45, 2.75) is 12.8 Å². The summed E-state index contributed by atoms with van der Waals surface area (Å²) in [4.78, 5) is 23.9. The predicted octanol–water partition coefficient (Wildman–Crippen LogP) is 4.31. The zero-order chi connectivity index (χ0) is 20.5. The van der Waals surface area contributed by atoms with Crippen LogP contribution in [-0.4, -0.2) is 18.4 Å². The summed E-state index contributed by atoms with van der Waals surface area (Å²) in [5.74, 6) is 0.212. The number of benzene rings is 3. The summed E-state index contributed by atoms with van der Waals surface area (Å²) >= 11 is 0. The summed E-state index contributed by atoms with van der Waals surface area (Å²) in [7, 11) is 0. The first-order valence-corrected chi connectivity index (χ1v) is 9.23. The summed E-state index contributed by atoms with van der Waals surface area (Å²) in [5.41, 5.74) is 1.09. The molecule has 6 heteroatoms. The summed E-state index contributed by atoms with van der Waals surface area (Å²) in [6.07, 6.45) is 0.0580. The van der Waals surface area contributed by atoms with Gasteiger partial charge in [-0.25, -0.2) is 4.39 Å². The van der Waals surface area contributed by atoms with Crippen LogP contribution in [0.25, 0.3) is 0 Å². The molecule has 2 amide bonds. The van der Waals surface area contributed by atoms with Crippen molar-refractivity contribution in [3.63, 3.8) is 0 Å². The van der Waals surface area contributed by atoms with E-state index in [-0.39, 0.29) is 18.8 Å². The molecule has 0 aliphatic heterocycles. The minimum absolute atomic E-state index is 0.262. The predicted molar refractivity (Wildman–Crippen MR) is 109 cm³/mol. The third kappa shape index (κ3) is 6.46. The summed E-state index contributed by atoms with van der Waals surface area (Å²) < 4.78 is 19.2.